The molecule has 2 nitrogen and oxygen atoms in total. The van der Waals surface area contributed by atoms with E-state index in [-0.39, 0.29) is 5.62 Å². The van der Waals surface area contributed by atoms with Crippen LogP contribution in [0.2, 0.25) is 0 Å². The minimum Gasteiger partial charge on any atom is -0.288 e. The molecule has 0 saturated carbocycles. The molecule has 1 atom stereocenters. The maximum absolute atomic E-state index is 5.68. The third kappa shape index (κ3) is 1.06. The molecule has 1 aliphatic rings. The Morgan fingerprint density at radius 2 is 2.57 bits per heavy atom. The van der Waals surface area contributed by atoms with E-state index in [2.05, 4.69) is 10.2 Å². The average Bonchev–Trinajstić information content (AvgIpc) is 1.91. The molecular weight excluding hydrogens is 112 g/mol. The van der Waals surface area contributed by atoms with Crippen LogP contribution in [0.4, 0.5) is 0 Å². The van der Waals surface area contributed by atoms with Crippen molar-refractivity contribution in [2.24, 2.45) is 0 Å². The largest absolute Gasteiger partial charge is 0.288 e. The van der Waals surface area contributed by atoms with Gasteiger partial charge in [0.1, 0.15) is 5.62 Å². The molecule has 3 heteroatoms. The molecule has 0 bridgehead atoms. The van der Waals surface area contributed by atoms with Crippen LogP contribution in [0.5, 0.6) is 0 Å². The first-order chi connectivity index (χ1) is 3.30. The predicted octanol–water partition coefficient (Wildman–Crippen LogP) is 0.0438. The first-order valence-corrected chi connectivity index (χ1v) is 2.82. The number of alkyl halides is 1. The van der Waals surface area contributed by atoms with Crippen LogP contribution in [0.25, 0.3) is 0 Å². The van der Waals surface area contributed by atoms with Crippen LogP contribution < -0.4 is 5.32 Å². The van der Waals surface area contributed by atoms with Gasteiger partial charge in [-0.1, -0.05) is 11.6 Å². The fourth-order valence-electron chi connectivity index (χ4n) is 0.629. The minimum absolute atomic E-state index is 0.0694. The lowest BCUT2D eigenvalue weighted by Crippen LogP contribution is -2.26. The highest BCUT2D eigenvalue weighted by atomic mass is 35.5. The van der Waals surface area contributed by atoms with Crippen molar-refractivity contribution in [1.29, 1.82) is 0 Å². The van der Waals surface area contributed by atoms with E-state index in [9.17, 15) is 0 Å². The molecule has 0 radical (unpaired) electrons. The van der Waals surface area contributed by atoms with E-state index >= 15 is 0 Å². The van der Waals surface area contributed by atoms with E-state index in [0.717, 1.165) is 13.1 Å². The van der Waals surface area contributed by atoms with Gasteiger partial charge in [0.15, 0.2) is 0 Å². The fourth-order valence-corrected chi connectivity index (χ4v) is 0.836. The van der Waals surface area contributed by atoms with Gasteiger partial charge in [-0.25, -0.2) is 0 Å². The Balaban J connectivity index is 2.33. The van der Waals surface area contributed by atoms with Crippen molar-refractivity contribution in [3.8, 4) is 0 Å². The van der Waals surface area contributed by atoms with Gasteiger partial charge in [-0.05, 0) is 7.05 Å². The second kappa shape index (κ2) is 1.99. The zero-order chi connectivity index (χ0) is 5.28. The van der Waals surface area contributed by atoms with Gasteiger partial charge in [0.25, 0.3) is 0 Å². The summed E-state index contributed by atoms with van der Waals surface area (Å²) in [6, 6.07) is 0. The summed E-state index contributed by atoms with van der Waals surface area (Å²) in [5.41, 5.74) is 0.0694. The topological polar surface area (TPSA) is 15.3 Å². The van der Waals surface area contributed by atoms with Crippen molar-refractivity contribution in [2.45, 2.75) is 5.62 Å². The molecule has 42 valence electrons. The van der Waals surface area contributed by atoms with Gasteiger partial charge < -0.3 is 0 Å². The summed E-state index contributed by atoms with van der Waals surface area (Å²) in [5, 5.41) is 3.06. The highest BCUT2D eigenvalue weighted by Gasteiger charge is 2.15. The molecule has 1 rings (SSSR count). The van der Waals surface area contributed by atoms with Gasteiger partial charge in [-0.2, -0.15) is 0 Å². The lowest BCUT2D eigenvalue weighted by atomic mass is 10.7. The molecule has 0 unspecified atom stereocenters. The number of likely N-dealkylation sites (N-methyl/N-ethyl adjacent to an activating group) is 1. The predicted molar refractivity (Wildman–Crippen MR) is 30.3 cm³/mol. The van der Waals surface area contributed by atoms with E-state index < -0.39 is 0 Å². The number of hydrogen-bond donors (Lipinski definition) is 1. The Morgan fingerprint density at radius 3 is 2.71 bits per heavy atom. The molecule has 0 aromatic heterocycles. The van der Waals surface area contributed by atoms with Crippen LogP contribution in [0.3, 0.4) is 0 Å². The third-order valence-corrected chi connectivity index (χ3v) is 1.65. The van der Waals surface area contributed by atoms with Crippen molar-refractivity contribution >= 4 is 11.6 Å². The van der Waals surface area contributed by atoms with Gasteiger partial charge in [0.2, 0.25) is 0 Å². The Labute approximate surface area is 48.4 Å². The van der Waals surface area contributed by atoms with Crippen LogP contribution in [-0.2, 0) is 0 Å². The molecular formula is C4H9ClN2. The summed E-state index contributed by atoms with van der Waals surface area (Å²) in [6.45, 7) is 2.08. The van der Waals surface area contributed by atoms with Crippen LogP contribution in [0.15, 0.2) is 0 Å². The zero-order valence-electron chi connectivity index (χ0n) is 4.32. The van der Waals surface area contributed by atoms with Crippen LogP contribution in [0, 0.1) is 0 Å². The number of hydrogen-bond acceptors (Lipinski definition) is 2. The molecule has 7 heavy (non-hydrogen) atoms. The normalized spacial score (nSPS) is 34.3. The lowest BCUT2D eigenvalue weighted by Gasteiger charge is -2.09. The van der Waals surface area contributed by atoms with E-state index in [4.69, 9.17) is 11.6 Å². The van der Waals surface area contributed by atoms with Gasteiger partial charge in [-0.3, -0.25) is 10.2 Å². The molecule has 0 spiro atoms. The van der Waals surface area contributed by atoms with Crippen LogP contribution >= 0.6 is 11.6 Å². The third-order valence-electron chi connectivity index (χ3n) is 1.16. The molecule has 1 N–H and O–H groups in total. The van der Waals surface area contributed by atoms with Gasteiger partial charge in [0, 0.05) is 13.1 Å². The van der Waals surface area contributed by atoms with Gasteiger partial charge in [0.05, 0.1) is 0 Å². The quantitative estimate of drug-likeness (QED) is 0.359. The maximum atomic E-state index is 5.68. The van der Waals surface area contributed by atoms with Crippen molar-refractivity contribution in [3.63, 3.8) is 0 Å². The van der Waals surface area contributed by atoms with E-state index in [0.29, 0.717) is 0 Å². The molecule has 0 aliphatic carbocycles. The first-order valence-electron chi connectivity index (χ1n) is 2.38. The molecule has 1 saturated heterocycles. The number of halogens is 1. The van der Waals surface area contributed by atoms with Crippen molar-refractivity contribution in [2.75, 3.05) is 20.1 Å². The molecule has 0 aromatic rings. The standard InChI is InChI=1S/C4H9ClN2/c1-7-3-2-6-4(7)5/h4,6H,2-3H2,1H3/t4-/m0/s1. The fraction of sp³-hybridized carbons (Fsp3) is 1.00. The van der Waals surface area contributed by atoms with E-state index in [1.807, 2.05) is 7.05 Å². The maximum Gasteiger partial charge on any atom is 0.137 e. The summed E-state index contributed by atoms with van der Waals surface area (Å²) in [6.07, 6.45) is 0. The van der Waals surface area contributed by atoms with Gasteiger partial charge >= 0.3 is 0 Å². The van der Waals surface area contributed by atoms with Gasteiger partial charge in [-0.15, -0.1) is 0 Å². The zero-order valence-corrected chi connectivity index (χ0v) is 5.07. The summed E-state index contributed by atoms with van der Waals surface area (Å²) >= 11 is 5.68. The number of rotatable bonds is 0. The molecule has 1 aliphatic heterocycles. The highest BCUT2D eigenvalue weighted by molar-refractivity contribution is 6.20. The van der Waals surface area contributed by atoms with Crippen molar-refractivity contribution in [3.05, 3.63) is 0 Å². The smallest absolute Gasteiger partial charge is 0.137 e. The Morgan fingerprint density at radius 1 is 1.86 bits per heavy atom. The van der Waals surface area contributed by atoms with Crippen LogP contribution in [0.1, 0.15) is 0 Å². The summed E-state index contributed by atoms with van der Waals surface area (Å²) in [7, 11) is 2.00. The molecule has 0 aromatic carbocycles. The Bertz CT molecular complexity index is 58.7. The number of nitrogens with one attached hydrogen (secondary N) is 1. The summed E-state index contributed by atoms with van der Waals surface area (Å²) in [4.78, 5) is 2.06. The average molecular weight is 121 g/mol. The summed E-state index contributed by atoms with van der Waals surface area (Å²) < 4.78 is 0. The summed E-state index contributed by atoms with van der Waals surface area (Å²) in [5.74, 6) is 0. The Hall–Kier alpha value is 0.210. The molecule has 1 fully saturated rings. The van der Waals surface area contributed by atoms with Crippen LogP contribution in [-0.4, -0.2) is 30.7 Å². The van der Waals surface area contributed by atoms with E-state index in [1.165, 1.54) is 0 Å². The molecule has 1 heterocycles. The second-order valence-electron chi connectivity index (χ2n) is 1.77. The Kier molecular flexibility index (Phi) is 1.52. The first kappa shape index (κ1) is 5.35. The lowest BCUT2D eigenvalue weighted by molar-refractivity contribution is 0.376. The SMILES string of the molecule is CN1CCN[C@@H]1Cl. The second-order valence-corrected chi connectivity index (χ2v) is 2.18. The minimum atomic E-state index is 0.0694. The monoisotopic (exact) mass is 120 g/mol. The number of nitrogens with zero attached hydrogens (tertiary/aromatic N) is 1. The van der Waals surface area contributed by atoms with E-state index in [1.54, 1.807) is 0 Å². The van der Waals surface area contributed by atoms with Crippen molar-refractivity contribution in [1.82, 2.24) is 10.2 Å². The van der Waals surface area contributed by atoms with Crippen molar-refractivity contribution < 1.29 is 0 Å². The highest BCUT2D eigenvalue weighted by Crippen LogP contribution is 2.01. The molecule has 0 amide bonds.